The fraction of sp³-hybridized carbons (Fsp3) is 0.115. The standard InChI is InChI=1S/C26H21F3N6O/c27-26(28,29)18-11-13-19(14-12-18)32-25-33-23(30-15-16-36-21-9-5-2-6-10-21)22-24(34-25)35(17-31-22)20-7-3-1-4-8-20/h1-14,17H,15-16H2,(H2,30,32,33,34). The van der Waals surface area contributed by atoms with Crippen LogP contribution in [-0.2, 0) is 6.18 Å². The van der Waals surface area contributed by atoms with E-state index >= 15 is 0 Å². The summed E-state index contributed by atoms with van der Waals surface area (Å²) in [5, 5.41) is 6.24. The van der Waals surface area contributed by atoms with Crippen molar-refractivity contribution in [2.75, 3.05) is 23.8 Å². The van der Waals surface area contributed by atoms with Crippen LogP contribution in [0.5, 0.6) is 5.75 Å². The van der Waals surface area contributed by atoms with E-state index in [-0.39, 0.29) is 5.95 Å². The molecule has 2 heterocycles. The summed E-state index contributed by atoms with van der Waals surface area (Å²) < 4.78 is 46.3. The average Bonchev–Trinajstić information content (AvgIpc) is 3.32. The third-order valence-electron chi connectivity index (χ3n) is 5.31. The zero-order chi connectivity index (χ0) is 25.0. The maximum atomic E-state index is 12.9. The van der Waals surface area contributed by atoms with Gasteiger partial charge in [-0.15, -0.1) is 0 Å². The first-order valence-corrected chi connectivity index (χ1v) is 11.1. The maximum Gasteiger partial charge on any atom is 0.416 e. The van der Waals surface area contributed by atoms with Gasteiger partial charge in [0.15, 0.2) is 17.0 Å². The highest BCUT2D eigenvalue weighted by molar-refractivity contribution is 5.86. The summed E-state index contributed by atoms with van der Waals surface area (Å²) in [7, 11) is 0. The van der Waals surface area contributed by atoms with Gasteiger partial charge in [-0.25, -0.2) is 4.98 Å². The highest BCUT2D eigenvalue weighted by atomic mass is 19.4. The zero-order valence-corrected chi connectivity index (χ0v) is 18.9. The van der Waals surface area contributed by atoms with Crippen molar-refractivity contribution in [2.24, 2.45) is 0 Å². The van der Waals surface area contributed by atoms with E-state index in [4.69, 9.17) is 4.74 Å². The second kappa shape index (κ2) is 9.95. The average molecular weight is 490 g/mol. The van der Waals surface area contributed by atoms with Crippen molar-refractivity contribution >= 4 is 28.6 Å². The fourth-order valence-electron chi connectivity index (χ4n) is 3.58. The van der Waals surface area contributed by atoms with E-state index in [0.29, 0.717) is 35.8 Å². The molecule has 0 bridgehead atoms. The van der Waals surface area contributed by atoms with Gasteiger partial charge in [0.2, 0.25) is 5.95 Å². The third kappa shape index (κ3) is 5.22. The number of benzene rings is 3. The summed E-state index contributed by atoms with van der Waals surface area (Å²) in [6.07, 6.45) is -2.75. The van der Waals surface area contributed by atoms with Gasteiger partial charge in [0.05, 0.1) is 12.1 Å². The number of anilines is 3. The van der Waals surface area contributed by atoms with Crippen LogP contribution in [0.3, 0.4) is 0 Å². The lowest BCUT2D eigenvalue weighted by Gasteiger charge is -2.12. The molecular weight excluding hydrogens is 469 g/mol. The molecule has 0 aliphatic carbocycles. The molecule has 0 radical (unpaired) electrons. The Hall–Kier alpha value is -4.60. The summed E-state index contributed by atoms with van der Waals surface area (Å²) in [4.78, 5) is 13.6. The number of alkyl halides is 3. The van der Waals surface area contributed by atoms with Gasteiger partial charge in [-0.3, -0.25) is 4.57 Å². The van der Waals surface area contributed by atoms with Crippen molar-refractivity contribution < 1.29 is 17.9 Å². The van der Waals surface area contributed by atoms with Gasteiger partial charge in [0, 0.05) is 11.4 Å². The van der Waals surface area contributed by atoms with E-state index in [1.807, 2.05) is 65.2 Å². The summed E-state index contributed by atoms with van der Waals surface area (Å²) in [6.45, 7) is 0.829. The molecule has 3 aromatic carbocycles. The first kappa shape index (κ1) is 23.2. The van der Waals surface area contributed by atoms with Gasteiger partial charge in [0.1, 0.15) is 18.7 Å². The molecule has 2 aromatic heterocycles. The number of hydrogen-bond donors (Lipinski definition) is 2. The van der Waals surface area contributed by atoms with Crippen molar-refractivity contribution in [3.63, 3.8) is 0 Å². The van der Waals surface area contributed by atoms with Crippen LogP contribution < -0.4 is 15.4 Å². The Bertz CT molecular complexity index is 1440. The largest absolute Gasteiger partial charge is 0.492 e. The van der Waals surface area contributed by atoms with Crippen molar-refractivity contribution in [3.8, 4) is 11.4 Å². The van der Waals surface area contributed by atoms with Gasteiger partial charge in [-0.1, -0.05) is 36.4 Å². The normalized spacial score (nSPS) is 11.4. The van der Waals surface area contributed by atoms with Crippen molar-refractivity contribution in [2.45, 2.75) is 6.18 Å². The SMILES string of the molecule is FC(F)(F)c1ccc(Nc2nc(NCCOc3ccccc3)c3ncn(-c4ccccc4)c3n2)cc1. The molecule has 182 valence electrons. The van der Waals surface area contributed by atoms with Crippen LogP contribution in [0.25, 0.3) is 16.9 Å². The number of halogens is 3. The zero-order valence-electron chi connectivity index (χ0n) is 18.9. The maximum absolute atomic E-state index is 12.9. The number of imidazole rings is 1. The molecule has 36 heavy (non-hydrogen) atoms. The Morgan fingerprint density at radius 3 is 2.22 bits per heavy atom. The Labute approximate surface area is 204 Å². The number of hydrogen-bond acceptors (Lipinski definition) is 6. The number of nitrogens with one attached hydrogen (secondary N) is 2. The van der Waals surface area contributed by atoms with E-state index in [9.17, 15) is 13.2 Å². The highest BCUT2D eigenvalue weighted by Crippen LogP contribution is 2.31. The second-order valence-electron chi connectivity index (χ2n) is 7.81. The lowest BCUT2D eigenvalue weighted by atomic mass is 10.2. The fourth-order valence-corrected chi connectivity index (χ4v) is 3.58. The molecule has 0 fully saturated rings. The van der Waals surface area contributed by atoms with Crippen LogP contribution in [0.15, 0.2) is 91.3 Å². The van der Waals surface area contributed by atoms with Crippen LogP contribution in [0, 0.1) is 0 Å². The molecule has 5 aromatic rings. The molecule has 0 atom stereocenters. The van der Waals surface area contributed by atoms with Gasteiger partial charge < -0.3 is 15.4 Å². The first-order valence-electron chi connectivity index (χ1n) is 11.1. The molecule has 10 heteroatoms. The van der Waals surface area contributed by atoms with Gasteiger partial charge in [-0.2, -0.15) is 23.1 Å². The number of rotatable bonds is 8. The van der Waals surface area contributed by atoms with Crippen LogP contribution >= 0.6 is 0 Å². The quantitative estimate of drug-likeness (QED) is 0.257. The minimum Gasteiger partial charge on any atom is -0.492 e. The van der Waals surface area contributed by atoms with Crippen LogP contribution in [0.2, 0.25) is 0 Å². The molecule has 0 aliphatic rings. The number of nitrogens with zero attached hydrogens (tertiary/aromatic N) is 4. The van der Waals surface area contributed by atoms with E-state index in [2.05, 4.69) is 25.6 Å². The predicted octanol–water partition coefficient (Wildman–Crippen LogP) is 6.07. The predicted molar refractivity (Wildman–Crippen MR) is 132 cm³/mol. The molecule has 0 unspecified atom stereocenters. The van der Waals surface area contributed by atoms with E-state index in [0.717, 1.165) is 23.6 Å². The first-order chi connectivity index (χ1) is 17.5. The number of aromatic nitrogens is 4. The van der Waals surface area contributed by atoms with E-state index in [1.54, 1.807) is 6.33 Å². The Morgan fingerprint density at radius 2 is 1.53 bits per heavy atom. The molecule has 0 spiro atoms. The summed E-state index contributed by atoms with van der Waals surface area (Å²) in [5.41, 5.74) is 1.64. The van der Waals surface area contributed by atoms with Crippen molar-refractivity contribution in [1.82, 2.24) is 19.5 Å². The van der Waals surface area contributed by atoms with E-state index < -0.39 is 11.7 Å². The third-order valence-corrected chi connectivity index (χ3v) is 5.31. The summed E-state index contributed by atoms with van der Waals surface area (Å²) in [5.74, 6) is 1.44. The molecule has 0 saturated heterocycles. The van der Waals surface area contributed by atoms with E-state index in [1.165, 1.54) is 12.1 Å². The number of ether oxygens (including phenoxy) is 1. The highest BCUT2D eigenvalue weighted by Gasteiger charge is 2.30. The minimum atomic E-state index is -4.41. The van der Waals surface area contributed by atoms with Crippen LogP contribution in [-0.4, -0.2) is 32.7 Å². The number of fused-ring (bicyclic) bond motifs is 1. The summed E-state index contributed by atoms with van der Waals surface area (Å²) >= 11 is 0. The molecular formula is C26H21F3N6O. The number of para-hydroxylation sites is 2. The van der Waals surface area contributed by atoms with Crippen LogP contribution in [0.4, 0.5) is 30.6 Å². The molecule has 2 N–H and O–H groups in total. The Balaban J connectivity index is 1.43. The second-order valence-corrected chi connectivity index (χ2v) is 7.81. The molecule has 7 nitrogen and oxygen atoms in total. The summed E-state index contributed by atoms with van der Waals surface area (Å²) in [6, 6.07) is 23.7. The topological polar surface area (TPSA) is 76.9 Å². The molecule has 0 saturated carbocycles. The van der Waals surface area contributed by atoms with Crippen molar-refractivity contribution in [1.29, 1.82) is 0 Å². The smallest absolute Gasteiger partial charge is 0.416 e. The molecule has 5 rings (SSSR count). The van der Waals surface area contributed by atoms with Crippen LogP contribution in [0.1, 0.15) is 5.56 Å². The monoisotopic (exact) mass is 490 g/mol. The molecule has 0 aliphatic heterocycles. The molecule has 0 amide bonds. The van der Waals surface area contributed by atoms with Gasteiger partial charge in [-0.05, 0) is 48.5 Å². The Morgan fingerprint density at radius 1 is 0.833 bits per heavy atom. The lowest BCUT2D eigenvalue weighted by Crippen LogP contribution is -2.13. The van der Waals surface area contributed by atoms with Crippen molar-refractivity contribution in [3.05, 3.63) is 96.8 Å². The lowest BCUT2D eigenvalue weighted by molar-refractivity contribution is -0.137. The Kier molecular flexibility index (Phi) is 6.40. The van der Waals surface area contributed by atoms with Gasteiger partial charge in [0.25, 0.3) is 0 Å². The van der Waals surface area contributed by atoms with Gasteiger partial charge >= 0.3 is 6.18 Å². The minimum absolute atomic E-state index is 0.214.